The van der Waals surface area contributed by atoms with Gasteiger partial charge in [-0.05, 0) is 45.8 Å². The number of pyridine rings is 1. The maximum atomic E-state index is 5.92. The van der Waals surface area contributed by atoms with Gasteiger partial charge in [0.2, 0.25) is 0 Å². The zero-order valence-electron chi connectivity index (χ0n) is 11.3. The van der Waals surface area contributed by atoms with Crippen molar-refractivity contribution in [1.82, 2.24) is 14.6 Å². The number of nitrogens with zero attached hydrogens (tertiary/aromatic N) is 3. The molecule has 0 aliphatic carbocycles. The molecule has 3 rings (SSSR count). The van der Waals surface area contributed by atoms with E-state index in [1.807, 2.05) is 47.0 Å². The zero-order valence-corrected chi connectivity index (χ0v) is 12.9. The largest absolute Gasteiger partial charge is 0.497 e. The lowest BCUT2D eigenvalue weighted by atomic mass is 10.2. The Bertz CT molecular complexity index is 826. The highest BCUT2D eigenvalue weighted by atomic mass is 79.9. The summed E-state index contributed by atoms with van der Waals surface area (Å²) in [7, 11) is 1.65. The molecule has 0 saturated heterocycles. The zero-order chi connectivity index (χ0) is 14.8. The number of anilines is 1. The van der Waals surface area contributed by atoms with Crippen LogP contribution in [0.3, 0.4) is 0 Å². The number of methoxy groups -OCH3 is 1. The third-order valence-corrected chi connectivity index (χ3v) is 3.48. The minimum absolute atomic E-state index is 0.581. The third-order valence-electron chi connectivity index (χ3n) is 3.04. The normalized spacial score (nSPS) is 11.3. The Morgan fingerprint density at radius 1 is 1.24 bits per heavy atom. The number of halogens is 1. The van der Waals surface area contributed by atoms with Crippen LogP contribution in [0.15, 0.2) is 41.0 Å². The lowest BCUT2D eigenvalue weighted by molar-refractivity contribution is 0.414. The standard InChI is InChI=1S/C15H13BrN4O/c1-21-12-4-2-3-10(7-12)5-6-14-18-19-15-13(17)8-11(16)9-20(14)15/h2-9H,17H2,1H3/b6-5-. The van der Waals surface area contributed by atoms with E-state index in [2.05, 4.69) is 26.1 Å². The summed E-state index contributed by atoms with van der Waals surface area (Å²) in [4.78, 5) is 0. The van der Waals surface area contributed by atoms with Crippen LogP contribution in [0.5, 0.6) is 5.75 Å². The van der Waals surface area contributed by atoms with E-state index in [9.17, 15) is 0 Å². The van der Waals surface area contributed by atoms with E-state index >= 15 is 0 Å². The minimum Gasteiger partial charge on any atom is -0.497 e. The van der Waals surface area contributed by atoms with Gasteiger partial charge in [0.1, 0.15) is 5.75 Å². The lowest BCUT2D eigenvalue weighted by Crippen LogP contribution is -1.94. The van der Waals surface area contributed by atoms with Gasteiger partial charge in [-0.3, -0.25) is 4.40 Å². The van der Waals surface area contributed by atoms with Gasteiger partial charge in [0, 0.05) is 10.7 Å². The molecule has 21 heavy (non-hydrogen) atoms. The van der Waals surface area contributed by atoms with Crippen molar-refractivity contribution in [2.24, 2.45) is 0 Å². The molecular weight excluding hydrogens is 332 g/mol. The highest BCUT2D eigenvalue weighted by Crippen LogP contribution is 2.20. The summed E-state index contributed by atoms with van der Waals surface area (Å²) in [6.45, 7) is 0. The number of hydrogen-bond donors (Lipinski definition) is 1. The summed E-state index contributed by atoms with van der Waals surface area (Å²) in [5, 5.41) is 8.25. The lowest BCUT2D eigenvalue weighted by Gasteiger charge is -2.01. The van der Waals surface area contributed by atoms with Gasteiger partial charge in [-0.25, -0.2) is 0 Å². The SMILES string of the molecule is COc1cccc(/C=C\c2nnc3c(N)cc(Br)cn23)c1. The second kappa shape index (κ2) is 5.57. The molecule has 2 heterocycles. The monoisotopic (exact) mass is 344 g/mol. The van der Waals surface area contributed by atoms with E-state index in [0.717, 1.165) is 15.8 Å². The molecule has 0 bridgehead atoms. The van der Waals surface area contributed by atoms with Crippen LogP contribution in [-0.4, -0.2) is 21.7 Å². The van der Waals surface area contributed by atoms with E-state index in [-0.39, 0.29) is 0 Å². The third kappa shape index (κ3) is 2.75. The number of benzene rings is 1. The van der Waals surface area contributed by atoms with Crippen molar-refractivity contribution in [3.8, 4) is 5.75 Å². The van der Waals surface area contributed by atoms with E-state index in [4.69, 9.17) is 10.5 Å². The molecule has 0 spiro atoms. The maximum Gasteiger partial charge on any atom is 0.184 e. The molecule has 5 nitrogen and oxygen atoms in total. The number of nitrogens with two attached hydrogens (primary N) is 1. The first-order valence-electron chi connectivity index (χ1n) is 6.29. The van der Waals surface area contributed by atoms with E-state index in [1.54, 1.807) is 13.2 Å². The molecule has 1 aromatic carbocycles. The number of nitrogen functional groups attached to an aromatic ring is 1. The van der Waals surface area contributed by atoms with E-state index < -0.39 is 0 Å². The van der Waals surface area contributed by atoms with Gasteiger partial charge < -0.3 is 10.5 Å². The van der Waals surface area contributed by atoms with Crippen molar-refractivity contribution >= 4 is 39.4 Å². The average Bonchev–Trinajstić information content (AvgIpc) is 2.88. The highest BCUT2D eigenvalue weighted by molar-refractivity contribution is 9.10. The summed E-state index contributed by atoms with van der Waals surface area (Å²) in [5.41, 5.74) is 8.17. The molecule has 3 aromatic rings. The molecule has 2 aromatic heterocycles. The van der Waals surface area contributed by atoms with Crippen molar-refractivity contribution in [3.63, 3.8) is 0 Å². The van der Waals surface area contributed by atoms with Crippen LogP contribution in [0.25, 0.3) is 17.8 Å². The summed E-state index contributed by atoms with van der Waals surface area (Å²) < 4.78 is 7.93. The average molecular weight is 345 g/mol. The molecule has 0 unspecified atom stereocenters. The van der Waals surface area contributed by atoms with Gasteiger partial charge in [0.15, 0.2) is 11.5 Å². The van der Waals surface area contributed by atoms with Crippen LogP contribution < -0.4 is 10.5 Å². The first-order chi connectivity index (χ1) is 10.2. The first-order valence-corrected chi connectivity index (χ1v) is 7.08. The number of hydrogen-bond acceptors (Lipinski definition) is 4. The van der Waals surface area contributed by atoms with Crippen molar-refractivity contribution in [1.29, 1.82) is 0 Å². The first kappa shape index (κ1) is 13.6. The minimum atomic E-state index is 0.581. The number of rotatable bonds is 3. The van der Waals surface area contributed by atoms with Crippen LogP contribution in [0.1, 0.15) is 11.4 Å². The Balaban J connectivity index is 1.99. The van der Waals surface area contributed by atoms with Crippen LogP contribution in [0.4, 0.5) is 5.69 Å². The van der Waals surface area contributed by atoms with Crippen molar-refractivity contribution in [2.75, 3.05) is 12.8 Å². The predicted octanol–water partition coefficient (Wildman–Crippen LogP) is 3.25. The second-order valence-corrected chi connectivity index (χ2v) is 5.39. The van der Waals surface area contributed by atoms with Crippen molar-refractivity contribution in [3.05, 3.63) is 52.4 Å². The van der Waals surface area contributed by atoms with Gasteiger partial charge in [-0.1, -0.05) is 18.2 Å². The summed E-state index contributed by atoms with van der Waals surface area (Å²) in [5.74, 6) is 1.52. The summed E-state index contributed by atoms with van der Waals surface area (Å²) >= 11 is 3.42. The van der Waals surface area contributed by atoms with E-state index in [1.165, 1.54) is 0 Å². The fraction of sp³-hybridized carbons (Fsp3) is 0.0667. The molecule has 2 N–H and O–H groups in total. The maximum absolute atomic E-state index is 5.92. The molecular formula is C15H13BrN4O. The quantitative estimate of drug-likeness (QED) is 0.791. The fourth-order valence-corrected chi connectivity index (χ4v) is 2.48. The van der Waals surface area contributed by atoms with Gasteiger partial charge >= 0.3 is 0 Å². The number of fused-ring (bicyclic) bond motifs is 1. The molecule has 0 atom stereocenters. The predicted molar refractivity (Wildman–Crippen MR) is 87.0 cm³/mol. The molecule has 0 amide bonds. The van der Waals surface area contributed by atoms with E-state index in [0.29, 0.717) is 17.2 Å². The Morgan fingerprint density at radius 3 is 2.90 bits per heavy atom. The van der Waals surface area contributed by atoms with Gasteiger partial charge in [-0.15, -0.1) is 10.2 Å². The van der Waals surface area contributed by atoms with Crippen LogP contribution in [0, 0.1) is 0 Å². The Kier molecular flexibility index (Phi) is 3.62. The topological polar surface area (TPSA) is 65.4 Å². The van der Waals surface area contributed by atoms with Crippen molar-refractivity contribution in [2.45, 2.75) is 0 Å². The summed E-state index contributed by atoms with van der Waals surface area (Å²) in [6, 6.07) is 9.59. The smallest absolute Gasteiger partial charge is 0.184 e. The summed E-state index contributed by atoms with van der Waals surface area (Å²) in [6.07, 6.45) is 5.73. The molecule has 6 heteroatoms. The van der Waals surface area contributed by atoms with Crippen molar-refractivity contribution < 1.29 is 4.74 Å². The highest BCUT2D eigenvalue weighted by Gasteiger charge is 2.06. The van der Waals surface area contributed by atoms with Gasteiger partial charge in [0.05, 0.1) is 12.8 Å². The number of ether oxygens (including phenoxy) is 1. The molecule has 0 aliphatic heterocycles. The molecule has 106 valence electrons. The van der Waals surface area contributed by atoms with Crippen LogP contribution in [-0.2, 0) is 0 Å². The van der Waals surface area contributed by atoms with Crippen LogP contribution in [0.2, 0.25) is 0 Å². The Morgan fingerprint density at radius 2 is 2.10 bits per heavy atom. The molecule has 0 saturated carbocycles. The number of aromatic nitrogens is 3. The Labute approximate surface area is 130 Å². The molecule has 0 radical (unpaired) electrons. The van der Waals surface area contributed by atoms with Gasteiger partial charge in [0.25, 0.3) is 0 Å². The molecule has 0 aliphatic rings. The van der Waals surface area contributed by atoms with Gasteiger partial charge in [-0.2, -0.15) is 0 Å². The fourth-order valence-electron chi connectivity index (χ4n) is 2.03. The second-order valence-electron chi connectivity index (χ2n) is 4.48. The Hall–Kier alpha value is -2.34. The molecule has 0 fully saturated rings. The van der Waals surface area contributed by atoms with Crippen LogP contribution >= 0.6 is 15.9 Å².